The second-order valence-corrected chi connectivity index (χ2v) is 3.14. The van der Waals surface area contributed by atoms with Gasteiger partial charge in [-0.05, 0) is 12.5 Å². The van der Waals surface area contributed by atoms with Crippen molar-refractivity contribution < 1.29 is 23.0 Å². The van der Waals surface area contributed by atoms with Crippen LogP contribution in [0.4, 0.5) is 24.5 Å². The van der Waals surface area contributed by atoms with E-state index in [0.717, 1.165) is 13.0 Å². The molecule has 6 nitrogen and oxygen atoms in total. The fraction of sp³-hybridized carbons (Fsp3) is 0.250. The van der Waals surface area contributed by atoms with E-state index in [-0.39, 0.29) is 0 Å². The Morgan fingerprint density at radius 1 is 1.12 bits per heavy atom. The molecule has 0 aliphatic rings. The number of rotatable bonds is 2. The van der Waals surface area contributed by atoms with Crippen molar-refractivity contribution in [2.45, 2.75) is 13.1 Å². The zero-order chi connectivity index (χ0) is 13.4. The molecular formula is C8H5F3N2O4. The van der Waals surface area contributed by atoms with E-state index in [2.05, 4.69) is 0 Å². The van der Waals surface area contributed by atoms with Crippen LogP contribution >= 0.6 is 0 Å². The number of nitro benzene ring substituents is 2. The Bertz CT molecular complexity index is 498. The fourth-order valence-electron chi connectivity index (χ4n) is 1.37. The van der Waals surface area contributed by atoms with Crippen molar-refractivity contribution in [3.63, 3.8) is 0 Å². The second-order valence-electron chi connectivity index (χ2n) is 3.14. The molecule has 17 heavy (non-hydrogen) atoms. The van der Waals surface area contributed by atoms with Crippen LogP contribution in [0.2, 0.25) is 0 Å². The minimum Gasteiger partial charge on any atom is -0.258 e. The molecule has 0 atom stereocenters. The van der Waals surface area contributed by atoms with E-state index in [1.165, 1.54) is 0 Å². The molecule has 0 spiro atoms. The average Bonchev–Trinajstić information content (AvgIpc) is 2.14. The van der Waals surface area contributed by atoms with Crippen molar-refractivity contribution in [3.05, 3.63) is 43.5 Å². The molecule has 0 fully saturated rings. The zero-order valence-corrected chi connectivity index (χ0v) is 8.32. The number of hydrogen-bond donors (Lipinski definition) is 0. The summed E-state index contributed by atoms with van der Waals surface area (Å²) >= 11 is 0. The Kier molecular flexibility index (Phi) is 3.03. The summed E-state index contributed by atoms with van der Waals surface area (Å²) in [6.07, 6.45) is -5.02. The van der Waals surface area contributed by atoms with Crippen LogP contribution in [0.25, 0.3) is 0 Å². The van der Waals surface area contributed by atoms with Crippen LogP contribution in [0.1, 0.15) is 11.1 Å². The Labute approximate surface area is 92.0 Å². The standard InChI is InChI=1S/C8H5F3N2O4/c1-4-2-3-5(12(14)15)7(13(16)17)6(4)8(9,10)11/h2-3H,1H3. The van der Waals surface area contributed by atoms with Gasteiger partial charge in [0.05, 0.1) is 9.85 Å². The second kappa shape index (κ2) is 4.00. The summed E-state index contributed by atoms with van der Waals surface area (Å²) in [4.78, 5) is 18.4. The fourth-order valence-corrected chi connectivity index (χ4v) is 1.37. The summed E-state index contributed by atoms with van der Waals surface area (Å²) < 4.78 is 37.8. The maximum Gasteiger partial charge on any atom is 0.423 e. The first-order valence-corrected chi connectivity index (χ1v) is 4.16. The van der Waals surface area contributed by atoms with Crippen molar-refractivity contribution in [2.24, 2.45) is 0 Å². The van der Waals surface area contributed by atoms with Crippen LogP contribution in [0.15, 0.2) is 12.1 Å². The van der Waals surface area contributed by atoms with Gasteiger partial charge in [0.25, 0.3) is 0 Å². The van der Waals surface area contributed by atoms with Crippen LogP contribution < -0.4 is 0 Å². The molecule has 1 rings (SSSR count). The van der Waals surface area contributed by atoms with Crippen LogP contribution in [-0.4, -0.2) is 9.85 Å². The number of alkyl halides is 3. The number of nitro groups is 2. The lowest BCUT2D eigenvalue weighted by molar-refractivity contribution is -0.424. The van der Waals surface area contributed by atoms with Crippen LogP contribution in [-0.2, 0) is 6.18 Å². The first-order valence-electron chi connectivity index (χ1n) is 4.16. The van der Waals surface area contributed by atoms with Gasteiger partial charge in [0, 0.05) is 6.07 Å². The number of hydrogen-bond acceptors (Lipinski definition) is 4. The van der Waals surface area contributed by atoms with E-state index in [4.69, 9.17) is 0 Å². The third kappa shape index (κ3) is 2.32. The first kappa shape index (κ1) is 12.9. The molecule has 0 saturated heterocycles. The van der Waals surface area contributed by atoms with Crippen molar-refractivity contribution >= 4 is 11.4 Å². The zero-order valence-electron chi connectivity index (χ0n) is 8.32. The van der Waals surface area contributed by atoms with E-state index in [0.29, 0.717) is 6.07 Å². The minimum absolute atomic E-state index is 0.435. The highest BCUT2D eigenvalue weighted by Crippen LogP contribution is 2.42. The summed E-state index contributed by atoms with van der Waals surface area (Å²) in [6, 6.07) is 1.51. The summed E-state index contributed by atoms with van der Waals surface area (Å²) in [5.41, 5.74) is -4.72. The van der Waals surface area contributed by atoms with Crippen molar-refractivity contribution in [1.82, 2.24) is 0 Å². The quantitative estimate of drug-likeness (QED) is 0.596. The van der Waals surface area contributed by atoms with Gasteiger partial charge in [0.1, 0.15) is 5.56 Å². The Morgan fingerprint density at radius 2 is 1.65 bits per heavy atom. The van der Waals surface area contributed by atoms with E-state index in [9.17, 15) is 33.4 Å². The summed E-state index contributed by atoms with van der Waals surface area (Å²) in [6.45, 7) is 1.000. The maximum atomic E-state index is 12.6. The van der Waals surface area contributed by atoms with Gasteiger partial charge < -0.3 is 0 Å². The van der Waals surface area contributed by atoms with Gasteiger partial charge in [-0.15, -0.1) is 0 Å². The molecule has 1 aromatic carbocycles. The third-order valence-corrected chi connectivity index (χ3v) is 2.03. The largest absolute Gasteiger partial charge is 0.423 e. The van der Waals surface area contributed by atoms with E-state index < -0.39 is 38.5 Å². The van der Waals surface area contributed by atoms with Crippen LogP contribution in [0.5, 0.6) is 0 Å². The molecule has 0 heterocycles. The lowest BCUT2D eigenvalue weighted by Gasteiger charge is -2.10. The van der Waals surface area contributed by atoms with Gasteiger partial charge in [0.2, 0.25) is 0 Å². The molecule has 0 saturated carbocycles. The average molecular weight is 250 g/mol. The SMILES string of the molecule is Cc1ccc([N+](=O)[O-])c([N+](=O)[O-])c1C(F)(F)F. The van der Waals surface area contributed by atoms with Crippen molar-refractivity contribution in [3.8, 4) is 0 Å². The van der Waals surface area contributed by atoms with Gasteiger partial charge >= 0.3 is 17.6 Å². The molecule has 0 unspecified atom stereocenters. The molecule has 0 bridgehead atoms. The van der Waals surface area contributed by atoms with E-state index in [1.807, 2.05) is 0 Å². The van der Waals surface area contributed by atoms with Gasteiger partial charge in [-0.2, -0.15) is 13.2 Å². The maximum absolute atomic E-state index is 12.6. The molecule has 0 aromatic heterocycles. The monoisotopic (exact) mass is 250 g/mol. The van der Waals surface area contributed by atoms with Crippen LogP contribution in [0, 0.1) is 27.2 Å². The van der Waals surface area contributed by atoms with E-state index >= 15 is 0 Å². The first-order chi connectivity index (χ1) is 7.66. The highest BCUT2D eigenvalue weighted by atomic mass is 19.4. The predicted octanol–water partition coefficient (Wildman–Crippen LogP) is 2.83. The predicted molar refractivity (Wildman–Crippen MR) is 49.5 cm³/mol. The Morgan fingerprint density at radius 3 is 2.00 bits per heavy atom. The normalized spacial score (nSPS) is 11.3. The van der Waals surface area contributed by atoms with Gasteiger partial charge in [-0.1, -0.05) is 6.07 Å². The summed E-state index contributed by atoms with van der Waals surface area (Å²) in [7, 11) is 0. The van der Waals surface area contributed by atoms with Gasteiger partial charge in [-0.25, -0.2) is 0 Å². The molecule has 0 aliphatic heterocycles. The lowest BCUT2D eigenvalue weighted by atomic mass is 10.0. The van der Waals surface area contributed by atoms with Crippen molar-refractivity contribution in [2.75, 3.05) is 0 Å². The summed E-state index contributed by atoms with van der Waals surface area (Å²) in [5, 5.41) is 21.0. The number of benzene rings is 1. The Balaban J connectivity index is 3.73. The number of halogens is 3. The highest BCUT2D eigenvalue weighted by Gasteiger charge is 2.44. The molecule has 9 heteroatoms. The highest BCUT2D eigenvalue weighted by molar-refractivity contribution is 5.61. The molecule has 0 N–H and O–H groups in total. The minimum atomic E-state index is -5.02. The number of aryl methyl sites for hydroxylation is 1. The van der Waals surface area contributed by atoms with Crippen LogP contribution in [0.3, 0.4) is 0 Å². The Hall–Kier alpha value is -2.19. The van der Waals surface area contributed by atoms with Gasteiger partial charge in [-0.3, -0.25) is 20.2 Å². The number of nitrogens with zero attached hydrogens (tertiary/aromatic N) is 2. The molecule has 1 aromatic rings. The lowest BCUT2D eigenvalue weighted by Crippen LogP contribution is -2.12. The van der Waals surface area contributed by atoms with E-state index in [1.54, 1.807) is 0 Å². The molecule has 0 aliphatic carbocycles. The molecule has 0 radical (unpaired) electrons. The van der Waals surface area contributed by atoms with Gasteiger partial charge in [0.15, 0.2) is 0 Å². The smallest absolute Gasteiger partial charge is 0.258 e. The molecule has 92 valence electrons. The third-order valence-electron chi connectivity index (χ3n) is 2.03. The molecule has 0 amide bonds. The summed E-state index contributed by atoms with van der Waals surface area (Å²) in [5.74, 6) is 0. The molecular weight excluding hydrogens is 245 g/mol. The topological polar surface area (TPSA) is 86.3 Å². The van der Waals surface area contributed by atoms with Crippen molar-refractivity contribution in [1.29, 1.82) is 0 Å².